The molecule has 0 fully saturated rings. The molecule has 0 aliphatic rings. The number of rotatable bonds is 13. The topological polar surface area (TPSA) is 196 Å². The first-order chi connectivity index (χ1) is 19.1. The molecule has 2 amide bonds. The standard InChI is InChI=1S/C25H27N6O8P/c1-16(36-3)37-17(2)38-40(34,35)39-21-12-8-7-11-19(21)30-31-20-13-14-22(29-24(20)26)28-23(32)15-27-25(33)18-9-5-4-6-10-18/h4-14,17H,1,15H2,2-3H3,(H,27,33)(H,34,35)(H3,26,28,29,32)/b31-30+. The number of nitrogens with zero attached hydrogens (tertiary/aromatic N) is 3. The Labute approximate surface area is 229 Å². The number of hydrogen-bond donors (Lipinski definition) is 4. The lowest BCUT2D eigenvalue weighted by molar-refractivity contribution is -0.115. The van der Waals surface area contributed by atoms with Crippen molar-refractivity contribution < 1.29 is 37.6 Å². The third-order valence-corrected chi connectivity index (χ3v) is 5.76. The molecule has 15 heteroatoms. The zero-order valence-corrected chi connectivity index (χ0v) is 22.4. The van der Waals surface area contributed by atoms with Crippen LogP contribution in [0.2, 0.25) is 0 Å². The summed E-state index contributed by atoms with van der Waals surface area (Å²) >= 11 is 0. The summed E-state index contributed by atoms with van der Waals surface area (Å²) in [7, 11) is -3.33. The van der Waals surface area contributed by atoms with Crippen molar-refractivity contribution in [2.24, 2.45) is 10.2 Å². The maximum atomic E-state index is 12.4. The number of azo groups is 1. The van der Waals surface area contributed by atoms with Crippen molar-refractivity contribution in [2.75, 3.05) is 24.7 Å². The Hall–Kier alpha value is -4.78. The zero-order valence-electron chi connectivity index (χ0n) is 21.5. The van der Waals surface area contributed by atoms with E-state index in [-0.39, 0.29) is 41.2 Å². The van der Waals surface area contributed by atoms with Crippen molar-refractivity contribution in [3.05, 3.63) is 84.8 Å². The van der Waals surface area contributed by atoms with Gasteiger partial charge in [0, 0.05) is 5.56 Å². The summed E-state index contributed by atoms with van der Waals surface area (Å²) in [5, 5.41) is 13.1. The maximum absolute atomic E-state index is 12.4. The Morgan fingerprint density at radius 1 is 1.07 bits per heavy atom. The van der Waals surface area contributed by atoms with E-state index >= 15 is 0 Å². The summed E-state index contributed by atoms with van der Waals surface area (Å²) in [6, 6.07) is 17.4. The molecule has 0 spiro atoms. The van der Waals surface area contributed by atoms with Gasteiger partial charge >= 0.3 is 7.82 Å². The normalized spacial score (nSPS) is 13.1. The number of carbonyl (C=O) groups is 2. The van der Waals surface area contributed by atoms with E-state index in [1.807, 2.05) is 0 Å². The molecular weight excluding hydrogens is 543 g/mol. The highest BCUT2D eigenvalue weighted by molar-refractivity contribution is 7.47. The predicted molar refractivity (Wildman–Crippen MR) is 145 cm³/mol. The number of benzene rings is 2. The van der Waals surface area contributed by atoms with Gasteiger partial charge in [-0.25, -0.2) is 14.1 Å². The second-order valence-electron chi connectivity index (χ2n) is 7.79. The largest absolute Gasteiger partial charge is 0.530 e. The number of phosphoric acid groups is 1. The van der Waals surface area contributed by atoms with Crippen LogP contribution in [0.5, 0.6) is 5.75 Å². The minimum atomic E-state index is -4.65. The molecule has 2 aromatic carbocycles. The van der Waals surface area contributed by atoms with Crippen molar-refractivity contribution in [1.82, 2.24) is 10.3 Å². The molecule has 0 aliphatic heterocycles. The van der Waals surface area contributed by atoms with Crippen LogP contribution < -0.4 is 20.9 Å². The average molecular weight is 570 g/mol. The van der Waals surface area contributed by atoms with E-state index in [4.69, 9.17) is 24.3 Å². The number of phosphoric ester groups is 1. The lowest BCUT2D eigenvalue weighted by Gasteiger charge is -2.19. The molecule has 0 aliphatic carbocycles. The maximum Gasteiger partial charge on any atom is 0.530 e. The number of methoxy groups -OCH3 is 1. The molecule has 2 atom stereocenters. The first-order valence-electron chi connectivity index (χ1n) is 11.6. The van der Waals surface area contributed by atoms with Crippen LogP contribution in [0.15, 0.2) is 89.5 Å². The molecule has 14 nitrogen and oxygen atoms in total. The monoisotopic (exact) mass is 570 g/mol. The van der Waals surface area contributed by atoms with Crippen LogP contribution in [0.25, 0.3) is 0 Å². The van der Waals surface area contributed by atoms with Crippen molar-refractivity contribution in [1.29, 1.82) is 0 Å². The number of ether oxygens (including phenoxy) is 2. The highest BCUT2D eigenvalue weighted by Crippen LogP contribution is 2.48. The quantitative estimate of drug-likeness (QED) is 0.0988. The summed E-state index contributed by atoms with van der Waals surface area (Å²) < 4.78 is 32.2. The number of pyridine rings is 1. The molecule has 0 saturated heterocycles. The molecule has 0 radical (unpaired) electrons. The number of aromatic nitrogens is 1. The van der Waals surface area contributed by atoms with Gasteiger partial charge < -0.3 is 30.4 Å². The SMILES string of the molecule is C=C(OC)OC(C)OP(=O)(O)Oc1ccccc1/N=N/c1ccc(NC(=O)CNC(=O)c2ccccc2)nc1N. The number of nitrogens with one attached hydrogen (secondary N) is 2. The van der Waals surface area contributed by atoms with Crippen LogP contribution in [-0.2, 0) is 23.4 Å². The second kappa shape index (κ2) is 13.8. The number of nitrogens with two attached hydrogens (primary N) is 1. The summed E-state index contributed by atoms with van der Waals surface area (Å²) in [6.07, 6.45) is -1.21. The number of amides is 2. The molecular formula is C25H27N6O8P. The summed E-state index contributed by atoms with van der Waals surface area (Å²) in [5.41, 5.74) is 6.61. The first-order valence-corrected chi connectivity index (χ1v) is 13.1. The molecule has 40 heavy (non-hydrogen) atoms. The highest BCUT2D eigenvalue weighted by atomic mass is 31.2. The molecule has 5 N–H and O–H groups in total. The van der Waals surface area contributed by atoms with E-state index in [0.717, 1.165) is 0 Å². The third-order valence-electron chi connectivity index (χ3n) is 4.77. The van der Waals surface area contributed by atoms with Gasteiger partial charge in [0.15, 0.2) is 11.6 Å². The van der Waals surface area contributed by atoms with Gasteiger partial charge in [-0.2, -0.15) is 0 Å². The summed E-state index contributed by atoms with van der Waals surface area (Å²) in [5.74, 6) is -1.07. The minimum absolute atomic E-state index is 0.0613. The Balaban J connectivity index is 1.61. The number of hydrogen-bond acceptors (Lipinski definition) is 11. The first kappa shape index (κ1) is 29.8. The molecule has 0 saturated carbocycles. The predicted octanol–water partition coefficient (Wildman–Crippen LogP) is 4.42. The molecule has 210 valence electrons. The molecule has 3 rings (SSSR count). The third kappa shape index (κ3) is 9.20. The number of anilines is 2. The zero-order chi connectivity index (χ0) is 29.1. The van der Waals surface area contributed by atoms with E-state index in [1.165, 1.54) is 38.3 Å². The van der Waals surface area contributed by atoms with E-state index in [0.29, 0.717) is 5.56 Å². The van der Waals surface area contributed by atoms with Gasteiger partial charge in [0.2, 0.25) is 12.2 Å². The molecule has 3 aromatic rings. The second-order valence-corrected chi connectivity index (χ2v) is 9.12. The fourth-order valence-corrected chi connectivity index (χ4v) is 3.84. The Kier molecular flexibility index (Phi) is 10.3. The Morgan fingerprint density at radius 2 is 1.75 bits per heavy atom. The van der Waals surface area contributed by atoms with Gasteiger partial charge in [-0.15, -0.1) is 10.2 Å². The van der Waals surface area contributed by atoms with Crippen molar-refractivity contribution in [3.63, 3.8) is 0 Å². The van der Waals surface area contributed by atoms with Crippen LogP contribution >= 0.6 is 7.82 Å². The Morgan fingerprint density at radius 3 is 2.45 bits per heavy atom. The highest BCUT2D eigenvalue weighted by Gasteiger charge is 2.28. The lowest BCUT2D eigenvalue weighted by atomic mass is 10.2. The fourth-order valence-electron chi connectivity index (χ4n) is 2.97. The van der Waals surface area contributed by atoms with Crippen molar-refractivity contribution in [3.8, 4) is 5.75 Å². The Bertz CT molecular complexity index is 1440. The van der Waals surface area contributed by atoms with Crippen molar-refractivity contribution in [2.45, 2.75) is 13.2 Å². The van der Waals surface area contributed by atoms with E-state index in [9.17, 15) is 19.0 Å². The van der Waals surface area contributed by atoms with Gasteiger partial charge in [-0.3, -0.25) is 14.5 Å². The lowest BCUT2D eigenvalue weighted by Crippen LogP contribution is -2.33. The van der Waals surface area contributed by atoms with Crippen LogP contribution in [0.3, 0.4) is 0 Å². The van der Waals surface area contributed by atoms with Gasteiger partial charge in [0.1, 0.15) is 17.2 Å². The number of carbonyl (C=O) groups excluding carboxylic acids is 2. The van der Waals surface area contributed by atoms with E-state index in [2.05, 4.69) is 32.4 Å². The van der Waals surface area contributed by atoms with Gasteiger partial charge in [0.05, 0.1) is 13.7 Å². The van der Waals surface area contributed by atoms with Gasteiger partial charge in [-0.1, -0.05) is 30.3 Å². The summed E-state index contributed by atoms with van der Waals surface area (Å²) in [4.78, 5) is 38.5. The fraction of sp³-hybridized carbons (Fsp3) is 0.160. The van der Waals surface area contributed by atoms with Gasteiger partial charge in [-0.05, 0) is 49.9 Å². The van der Waals surface area contributed by atoms with Crippen LogP contribution in [-0.4, -0.2) is 41.6 Å². The number of nitrogen functional groups attached to an aromatic ring is 1. The van der Waals surface area contributed by atoms with E-state index < -0.39 is 25.9 Å². The molecule has 0 bridgehead atoms. The minimum Gasteiger partial charge on any atom is -0.469 e. The molecule has 1 heterocycles. The van der Waals surface area contributed by atoms with Crippen molar-refractivity contribution >= 4 is 42.6 Å². The van der Waals surface area contributed by atoms with Crippen LogP contribution in [0.1, 0.15) is 17.3 Å². The van der Waals surface area contributed by atoms with E-state index in [1.54, 1.807) is 42.5 Å². The average Bonchev–Trinajstić information content (AvgIpc) is 2.91. The van der Waals surface area contributed by atoms with Crippen LogP contribution in [0.4, 0.5) is 23.0 Å². The molecule has 1 aromatic heterocycles. The summed E-state index contributed by atoms with van der Waals surface area (Å²) in [6.45, 7) is 4.50. The van der Waals surface area contributed by atoms with Gasteiger partial charge in [0.25, 0.3) is 11.9 Å². The smallest absolute Gasteiger partial charge is 0.469 e. The molecule has 2 unspecified atom stereocenters. The van der Waals surface area contributed by atoms with Crippen LogP contribution in [0, 0.1) is 0 Å². The number of para-hydroxylation sites is 1.